The first-order valence-corrected chi connectivity index (χ1v) is 5.84. The molecule has 1 heterocycles. The average Bonchev–Trinajstić information content (AvgIpc) is 2.38. The first kappa shape index (κ1) is 13.3. The van der Waals surface area contributed by atoms with Crippen LogP contribution in [-0.4, -0.2) is 29.2 Å². The zero-order valence-electron chi connectivity index (χ0n) is 10.1. The molecule has 0 atom stereocenters. The van der Waals surface area contributed by atoms with E-state index < -0.39 is 12.5 Å². The van der Waals surface area contributed by atoms with Crippen LogP contribution >= 0.6 is 0 Å². The summed E-state index contributed by atoms with van der Waals surface area (Å²) in [4.78, 5) is 12.0. The summed E-state index contributed by atoms with van der Waals surface area (Å²) in [6.45, 7) is 0.534. The van der Waals surface area contributed by atoms with Crippen molar-refractivity contribution >= 4 is 17.4 Å². The van der Waals surface area contributed by atoms with Gasteiger partial charge in [0.1, 0.15) is 0 Å². The molecule has 0 unspecified atom stereocenters. The van der Waals surface area contributed by atoms with E-state index in [1.165, 1.54) is 11.0 Å². The number of benzene rings is 1. The lowest BCUT2D eigenvalue weighted by Crippen LogP contribution is -2.33. The molecule has 0 spiro atoms. The van der Waals surface area contributed by atoms with Gasteiger partial charge in [-0.2, -0.15) is 0 Å². The van der Waals surface area contributed by atoms with E-state index in [-0.39, 0.29) is 12.1 Å². The minimum atomic E-state index is -2.60. The van der Waals surface area contributed by atoms with Gasteiger partial charge in [-0.25, -0.2) is 13.6 Å². The molecule has 1 aliphatic rings. The van der Waals surface area contributed by atoms with Crippen LogP contribution in [0.1, 0.15) is 24.0 Å². The van der Waals surface area contributed by atoms with Crippen LogP contribution in [0.2, 0.25) is 0 Å². The third kappa shape index (κ3) is 2.83. The summed E-state index contributed by atoms with van der Waals surface area (Å²) in [6.07, 6.45) is -1.50. The molecule has 0 saturated carbocycles. The van der Waals surface area contributed by atoms with Gasteiger partial charge in [-0.05, 0) is 29.7 Å². The maximum absolute atomic E-state index is 13.0. The number of carbonyl (C=O) groups is 1. The third-order valence-corrected chi connectivity index (χ3v) is 3.14. The Balaban J connectivity index is 2.31. The molecule has 0 radical (unpaired) electrons. The summed E-state index contributed by atoms with van der Waals surface area (Å²) in [5.41, 5.74) is 6.91. The lowest BCUT2D eigenvalue weighted by atomic mass is 9.94. The highest BCUT2D eigenvalue weighted by molar-refractivity contribution is 5.73. The molecule has 0 aromatic heterocycles. The fourth-order valence-corrected chi connectivity index (χ4v) is 2.14. The number of hydrogen-bond acceptors (Lipinski definition) is 2. The van der Waals surface area contributed by atoms with Crippen molar-refractivity contribution in [1.82, 2.24) is 4.90 Å². The maximum atomic E-state index is 13.0. The number of nitrogen functional groups attached to an aromatic ring is 1. The standard InChI is InChI=1S/C13H14F2N2O2/c14-12(15)11-7-9(16)1-2-10(11)8-3-5-17(6-4-8)13(18)19/h1-3,7,12H,4-6,16H2,(H,18,19). The van der Waals surface area contributed by atoms with E-state index in [1.807, 2.05) is 0 Å². The predicted molar refractivity (Wildman–Crippen MR) is 68.0 cm³/mol. The number of alkyl halides is 2. The average molecular weight is 268 g/mol. The Morgan fingerprint density at radius 1 is 1.42 bits per heavy atom. The predicted octanol–water partition coefficient (Wildman–Crippen LogP) is 2.97. The minimum Gasteiger partial charge on any atom is -0.465 e. The van der Waals surface area contributed by atoms with Gasteiger partial charge in [-0.3, -0.25) is 0 Å². The van der Waals surface area contributed by atoms with Crippen LogP contribution in [0.5, 0.6) is 0 Å². The normalized spacial score (nSPS) is 15.5. The lowest BCUT2D eigenvalue weighted by molar-refractivity contribution is 0.148. The summed E-state index contributed by atoms with van der Waals surface area (Å²) in [5, 5.41) is 8.83. The van der Waals surface area contributed by atoms with Gasteiger partial charge < -0.3 is 15.7 Å². The van der Waals surface area contributed by atoms with Crippen LogP contribution in [0, 0.1) is 0 Å². The van der Waals surface area contributed by atoms with Crippen molar-refractivity contribution in [2.75, 3.05) is 18.8 Å². The second-order valence-electron chi connectivity index (χ2n) is 4.36. The van der Waals surface area contributed by atoms with E-state index in [4.69, 9.17) is 10.8 Å². The fraction of sp³-hybridized carbons (Fsp3) is 0.308. The highest BCUT2D eigenvalue weighted by Gasteiger charge is 2.21. The van der Waals surface area contributed by atoms with Crippen molar-refractivity contribution in [1.29, 1.82) is 0 Å². The van der Waals surface area contributed by atoms with Gasteiger partial charge in [0.15, 0.2) is 0 Å². The van der Waals surface area contributed by atoms with E-state index in [1.54, 1.807) is 18.2 Å². The van der Waals surface area contributed by atoms with Crippen LogP contribution < -0.4 is 5.73 Å². The molecule has 0 saturated heterocycles. The van der Waals surface area contributed by atoms with Gasteiger partial charge in [0.25, 0.3) is 6.43 Å². The van der Waals surface area contributed by atoms with Crippen molar-refractivity contribution < 1.29 is 18.7 Å². The van der Waals surface area contributed by atoms with Crippen molar-refractivity contribution in [3.05, 3.63) is 35.4 Å². The summed E-state index contributed by atoms with van der Waals surface area (Å²) in [6, 6.07) is 4.41. The van der Waals surface area contributed by atoms with Crippen molar-refractivity contribution in [3.8, 4) is 0 Å². The highest BCUT2D eigenvalue weighted by Crippen LogP contribution is 2.32. The SMILES string of the molecule is Nc1ccc(C2=CCN(C(=O)O)CC2)c(C(F)F)c1. The van der Waals surface area contributed by atoms with Crippen LogP contribution in [0.15, 0.2) is 24.3 Å². The molecule has 6 heteroatoms. The molecule has 1 aromatic rings. The molecule has 3 N–H and O–H groups in total. The van der Waals surface area contributed by atoms with Crippen molar-refractivity contribution in [2.24, 2.45) is 0 Å². The monoisotopic (exact) mass is 268 g/mol. The van der Waals surface area contributed by atoms with Gasteiger partial charge in [-0.15, -0.1) is 0 Å². The number of anilines is 1. The largest absolute Gasteiger partial charge is 0.465 e. The fourth-order valence-electron chi connectivity index (χ4n) is 2.14. The molecule has 0 bridgehead atoms. The summed E-state index contributed by atoms with van der Waals surface area (Å²) in [5.74, 6) is 0. The Morgan fingerprint density at radius 3 is 2.68 bits per heavy atom. The van der Waals surface area contributed by atoms with Crippen LogP contribution in [0.25, 0.3) is 5.57 Å². The smallest absolute Gasteiger partial charge is 0.407 e. The molecule has 0 aliphatic carbocycles. The first-order chi connectivity index (χ1) is 8.99. The van der Waals surface area contributed by atoms with Gasteiger partial charge in [0, 0.05) is 24.3 Å². The molecule has 102 valence electrons. The first-order valence-electron chi connectivity index (χ1n) is 5.84. The molecule has 2 rings (SSSR count). The molecule has 19 heavy (non-hydrogen) atoms. The molecular formula is C13H14F2N2O2. The molecule has 4 nitrogen and oxygen atoms in total. The van der Waals surface area contributed by atoms with Crippen LogP contribution in [0.3, 0.4) is 0 Å². The number of carboxylic acid groups (broad SMARTS) is 1. The summed E-state index contributed by atoms with van der Waals surface area (Å²) < 4.78 is 26.0. The highest BCUT2D eigenvalue weighted by atomic mass is 19.3. The lowest BCUT2D eigenvalue weighted by Gasteiger charge is -2.24. The number of halogens is 2. The van der Waals surface area contributed by atoms with Crippen molar-refractivity contribution in [2.45, 2.75) is 12.8 Å². The quantitative estimate of drug-likeness (QED) is 0.810. The Bertz CT molecular complexity index is 529. The van der Waals surface area contributed by atoms with Gasteiger partial charge in [0.2, 0.25) is 0 Å². The third-order valence-electron chi connectivity index (χ3n) is 3.14. The van der Waals surface area contributed by atoms with E-state index in [0.29, 0.717) is 24.2 Å². The minimum absolute atomic E-state index is 0.102. The molecule has 1 aliphatic heterocycles. The summed E-state index contributed by atoms with van der Waals surface area (Å²) >= 11 is 0. The molecule has 0 fully saturated rings. The van der Waals surface area contributed by atoms with Crippen LogP contribution in [0.4, 0.5) is 19.3 Å². The molecule has 1 aromatic carbocycles. The molecular weight excluding hydrogens is 254 g/mol. The Kier molecular flexibility index (Phi) is 3.69. The van der Waals surface area contributed by atoms with Crippen LogP contribution in [-0.2, 0) is 0 Å². The zero-order valence-corrected chi connectivity index (χ0v) is 10.1. The Morgan fingerprint density at radius 2 is 2.16 bits per heavy atom. The number of hydrogen-bond donors (Lipinski definition) is 2. The number of nitrogens with zero attached hydrogens (tertiary/aromatic N) is 1. The van der Waals surface area contributed by atoms with Gasteiger partial charge in [-0.1, -0.05) is 12.1 Å². The van der Waals surface area contributed by atoms with E-state index >= 15 is 0 Å². The topological polar surface area (TPSA) is 66.6 Å². The second-order valence-corrected chi connectivity index (χ2v) is 4.36. The van der Waals surface area contributed by atoms with E-state index in [0.717, 1.165) is 5.57 Å². The second kappa shape index (κ2) is 5.26. The summed E-state index contributed by atoms with van der Waals surface area (Å²) in [7, 11) is 0. The number of amides is 1. The Labute approximate surface area is 109 Å². The number of nitrogens with two attached hydrogens (primary N) is 1. The van der Waals surface area contributed by atoms with E-state index in [2.05, 4.69) is 0 Å². The Hall–Kier alpha value is -2.11. The number of rotatable bonds is 2. The zero-order chi connectivity index (χ0) is 14.0. The van der Waals surface area contributed by atoms with Gasteiger partial charge in [0.05, 0.1) is 0 Å². The van der Waals surface area contributed by atoms with E-state index in [9.17, 15) is 13.6 Å². The molecule has 1 amide bonds. The van der Waals surface area contributed by atoms with Crippen molar-refractivity contribution in [3.63, 3.8) is 0 Å². The van der Waals surface area contributed by atoms with Gasteiger partial charge >= 0.3 is 6.09 Å². The maximum Gasteiger partial charge on any atom is 0.407 e.